The Morgan fingerprint density at radius 1 is 1.05 bits per heavy atom. The second-order valence-corrected chi connectivity index (χ2v) is 6.08. The van der Waals surface area contributed by atoms with Crippen molar-refractivity contribution in [3.05, 3.63) is 69.7 Å². The molecule has 0 aromatic heterocycles. The average Bonchev–Trinajstić information content (AvgIpc) is 2.39. The molecule has 0 aliphatic carbocycles. The monoisotopic (exact) mass is 317 g/mol. The zero-order chi connectivity index (χ0) is 13.9. The molecule has 0 fully saturated rings. The minimum absolute atomic E-state index is 0.465. The molecule has 0 saturated heterocycles. The highest BCUT2D eigenvalue weighted by atomic mass is 79.9. The lowest BCUT2D eigenvalue weighted by Gasteiger charge is -2.26. The van der Waals surface area contributed by atoms with Crippen LogP contribution in [0.25, 0.3) is 0 Å². The van der Waals surface area contributed by atoms with Gasteiger partial charge in [0.15, 0.2) is 0 Å². The molecule has 2 rings (SSSR count). The molecule has 2 aromatic carbocycles. The SMILES string of the molecule is CCCc1cccc(C(C)(N)c2cccc(Br)c2)c1. The predicted molar refractivity (Wildman–Crippen MR) is 85.2 cm³/mol. The summed E-state index contributed by atoms with van der Waals surface area (Å²) in [6, 6.07) is 16.8. The minimum atomic E-state index is -0.465. The van der Waals surface area contributed by atoms with E-state index in [0.29, 0.717) is 0 Å². The summed E-state index contributed by atoms with van der Waals surface area (Å²) in [7, 11) is 0. The smallest absolute Gasteiger partial charge is 0.0637 e. The molecule has 0 saturated carbocycles. The van der Waals surface area contributed by atoms with Gasteiger partial charge in [0.1, 0.15) is 0 Å². The fraction of sp³-hybridized carbons (Fsp3) is 0.294. The van der Waals surface area contributed by atoms with Gasteiger partial charge in [0, 0.05) is 4.47 Å². The molecular weight excluding hydrogens is 298 g/mol. The molecular formula is C17H20BrN. The van der Waals surface area contributed by atoms with Crippen LogP contribution in [0.1, 0.15) is 37.0 Å². The van der Waals surface area contributed by atoms with Gasteiger partial charge in [-0.3, -0.25) is 0 Å². The predicted octanol–water partition coefficient (Wildman–Crippen LogP) is 4.62. The van der Waals surface area contributed by atoms with Gasteiger partial charge in [-0.05, 0) is 42.2 Å². The van der Waals surface area contributed by atoms with E-state index < -0.39 is 5.54 Å². The van der Waals surface area contributed by atoms with E-state index in [1.54, 1.807) is 0 Å². The number of aryl methyl sites for hydroxylation is 1. The van der Waals surface area contributed by atoms with Gasteiger partial charge in [-0.2, -0.15) is 0 Å². The Kier molecular flexibility index (Phi) is 4.43. The van der Waals surface area contributed by atoms with Crippen LogP contribution < -0.4 is 5.73 Å². The zero-order valence-corrected chi connectivity index (χ0v) is 13.1. The average molecular weight is 318 g/mol. The number of nitrogens with two attached hydrogens (primary N) is 1. The van der Waals surface area contributed by atoms with Crippen LogP contribution in [-0.2, 0) is 12.0 Å². The highest BCUT2D eigenvalue weighted by Gasteiger charge is 2.23. The van der Waals surface area contributed by atoms with Crippen molar-refractivity contribution in [1.29, 1.82) is 0 Å². The van der Waals surface area contributed by atoms with Crippen molar-refractivity contribution in [3.8, 4) is 0 Å². The third kappa shape index (κ3) is 3.26. The van der Waals surface area contributed by atoms with E-state index in [0.717, 1.165) is 28.4 Å². The molecule has 0 heterocycles. The van der Waals surface area contributed by atoms with Crippen LogP contribution >= 0.6 is 15.9 Å². The van der Waals surface area contributed by atoms with Gasteiger partial charge in [0.2, 0.25) is 0 Å². The molecule has 1 atom stereocenters. The zero-order valence-electron chi connectivity index (χ0n) is 11.5. The number of benzene rings is 2. The van der Waals surface area contributed by atoms with Crippen LogP contribution in [0.5, 0.6) is 0 Å². The normalized spacial score (nSPS) is 14.1. The Hall–Kier alpha value is -1.12. The van der Waals surface area contributed by atoms with Gasteiger partial charge in [-0.25, -0.2) is 0 Å². The highest BCUT2D eigenvalue weighted by molar-refractivity contribution is 9.10. The maximum Gasteiger partial charge on any atom is 0.0637 e. The van der Waals surface area contributed by atoms with E-state index in [1.807, 2.05) is 12.1 Å². The second-order valence-electron chi connectivity index (χ2n) is 5.16. The Labute approximate surface area is 124 Å². The molecule has 1 nitrogen and oxygen atoms in total. The van der Waals surface area contributed by atoms with Gasteiger partial charge in [-0.15, -0.1) is 0 Å². The van der Waals surface area contributed by atoms with Crippen molar-refractivity contribution >= 4 is 15.9 Å². The van der Waals surface area contributed by atoms with E-state index in [2.05, 4.69) is 66.2 Å². The van der Waals surface area contributed by atoms with Crippen LogP contribution in [0.3, 0.4) is 0 Å². The van der Waals surface area contributed by atoms with E-state index in [4.69, 9.17) is 5.73 Å². The van der Waals surface area contributed by atoms with E-state index in [-0.39, 0.29) is 0 Å². The molecule has 0 amide bonds. The fourth-order valence-electron chi connectivity index (χ4n) is 2.32. The molecule has 0 aliphatic rings. The van der Waals surface area contributed by atoms with Crippen molar-refractivity contribution in [2.75, 3.05) is 0 Å². The first-order valence-corrected chi connectivity index (χ1v) is 7.47. The lowest BCUT2D eigenvalue weighted by atomic mass is 9.85. The summed E-state index contributed by atoms with van der Waals surface area (Å²) in [5, 5.41) is 0. The number of hydrogen-bond acceptors (Lipinski definition) is 1. The molecule has 0 radical (unpaired) electrons. The van der Waals surface area contributed by atoms with Crippen molar-refractivity contribution in [2.24, 2.45) is 5.73 Å². The molecule has 0 spiro atoms. The molecule has 2 aromatic rings. The lowest BCUT2D eigenvalue weighted by Crippen LogP contribution is -2.34. The standard InChI is InChI=1S/C17H20BrN/c1-3-6-13-7-4-8-14(11-13)17(2,19)15-9-5-10-16(18)12-15/h4-5,7-12H,3,6,19H2,1-2H3. The van der Waals surface area contributed by atoms with Crippen molar-refractivity contribution in [2.45, 2.75) is 32.2 Å². The maximum absolute atomic E-state index is 6.57. The van der Waals surface area contributed by atoms with Crippen molar-refractivity contribution < 1.29 is 0 Å². The van der Waals surface area contributed by atoms with Crippen molar-refractivity contribution in [1.82, 2.24) is 0 Å². The Morgan fingerprint density at radius 3 is 2.32 bits per heavy atom. The molecule has 2 heteroatoms. The van der Waals surface area contributed by atoms with Crippen LogP contribution in [0.4, 0.5) is 0 Å². The summed E-state index contributed by atoms with van der Waals surface area (Å²) in [5.41, 5.74) is 9.75. The first-order valence-electron chi connectivity index (χ1n) is 6.68. The highest BCUT2D eigenvalue weighted by Crippen LogP contribution is 2.29. The van der Waals surface area contributed by atoms with Crippen LogP contribution in [0.2, 0.25) is 0 Å². The fourth-order valence-corrected chi connectivity index (χ4v) is 2.72. The van der Waals surface area contributed by atoms with Gasteiger partial charge < -0.3 is 5.73 Å². The molecule has 0 aliphatic heterocycles. The van der Waals surface area contributed by atoms with E-state index in [1.165, 1.54) is 5.56 Å². The van der Waals surface area contributed by atoms with Gasteiger partial charge in [0.05, 0.1) is 5.54 Å². The van der Waals surface area contributed by atoms with Crippen LogP contribution in [0.15, 0.2) is 53.0 Å². The summed E-state index contributed by atoms with van der Waals surface area (Å²) in [6.45, 7) is 4.27. The summed E-state index contributed by atoms with van der Waals surface area (Å²) in [6.07, 6.45) is 2.25. The van der Waals surface area contributed by atoms with Crippen LogP contribution in [0, 0.1) is 0 Å². The second kappa shape index (κ2) is 5.89. The lowest BCUT2D eigenvalue weighted by molar-refractivity contribution is 0.601. The Bertz CT molecular complexity index is 561. The molecule has 1 unspecified atom stereocenters. The number of hydrogen-bond donors (Lipinski definition) is 1. The summed E-state index contributed by atoms with van der Waals surface area (Å²) in [5.74, 6) is 0. The third-order valence-electron chi connectivity index (χ3n) is 3.49. The number of rotatable bonds is 4. The summed E-state index contributed by atoms with van der Waals surface area (Å²) < 4.78 is 1.06. The third-order valence-corrected chi connectivity index (χ3v) is 3.98. The quantitative estimate of drug-likeness (QED) is 0.874. The molecule has 2 N–H and O–H groups in total. The topological polar surface area (TPSA) is 26.0 Å². The van der Waals surface area contributed by atoms with Crippen molar-refractivity contribution in [3.63, 3.8) is 0 Å². The molecule has 100 valence electrons. The van der Waals surface area contributed by atoms with Gasteiger partial charge in [0.25, 0.3) is 0 Å². The minimum Gasteiger partial charge on any atom is -0.318 e. The molecule has 19 heavy (non-hydrogen) atoms. The Morgan fingerprint density at radius 2 is 1.68 bits per heavy atom. The summed E-state index contributed by atoms with van der Waals surface area (Å²) in [4.78, 5) is 0. The number of halogens is 1. The van der Waals surface area contributed by atoms with Gasteiger partial charge in [-0.1, -0.05) is 65.7 Å². The van der Waals surface area contributed by atoms with Crippen LogP contribution in [-0.4, -0.2) is 0 Å². The largest absolute Gasteiger partial charge is 0.318 e. The first-order chi connectivity index (χ1) is 9.04. The Balaban J connectivity index is 2.41. The van der Waals surface area contributed by atoms with Gasteiger partial charge >= 0.3 is 0 Å². The summed E-state index contributed by atoms with van der Waals surface area (Å²) >= 11 is 3.51. The van der Waals surface area contributed by atoms with E-state index in [9.17, 15) is 0 Å². The maximum atomic E-state index is 6.57. The van der Waals surface area contributed by atoms with E-state index >= 15 is 0 Å². The molecule has 0 bridgehead atoms. The first kappa shape index (κ1) is 14.3.